The average Bonchev–Trinajstić information content (AvgIpc) is 2.24. The first-order chi connectivity index (χ1) is 8.61. The normalized spacial score (nSPS) is 28.2. The van der Waals surface area contributed by atoms with E-state index in [1.165, 1.54) is 0 Å². The second-order valence-electron chi connectivity index (χ2n) is 6.73. The van der Waals surface area contributed by atoms with Crippen LogP contribution in [-0.4, -0.2) is 41.6 Å². The van der Waals surface area contributed by atoms with Crippen LogP contribution in [0.15, 0.2) is 12.2 Å². The maximum Gasteiger partial charge on any atom is 0.184 e. The molecule has 0 aliphatic carbocycles. The SMILES string of the molecule is C[Si](C)(C)OC[C@H]1O[C@@H](C#N)C=C[C@@H]1O[Si](C)(C)C. The van der Waals surface area contributed by atoms with Crippen molar-refractivity contribution in [2.75, 3.05) is 6.61 Å². The summed E-state index contributed by atoms with van der Waals surface area (Å²) in [5, 5.41) is 8.97. The lowest BCUT2D eigenvalue weighted by atomic mass is 10.1. The van der Waals surface area contributed by atoms with Crippen LogP contribution in [0, 0.1) is 11.3 Å². The molecule has 1 aliphatic rings. The summed E-state index contributed by atoms with van der Waals surface area (Å²) in [6, 6.07) is 2.12. The third kappa shape index (κ3) is 6.50. The Labute approximate surface area is 118 Å². The summed E-state index contributed by atoms with van der Waals surface area (Å²) in [6.07, 6.45) is 2.95. The first-order valence-corrected chi connectivity index (χ1v) is 13.5. The molecule has 0 aromatic rings. The van der Waals surface area contributed by atoms with Crippen molar-refractivity contribution in [3.8, 4) is 6.07 Å². The number of nitrogens with zero attached hydrogens (tertiary/aromatic N) is 1. The number of hydrogen-bond donors (Lipinski definition) is 0. The zero-order valence-electron chi connectivity index (χ0n) is 12.8. The number of hydrogen-bond acceptors (Lipinski definition) is 4. The highest BCUT2D eigenvalue weighted by molar-refractivity contribution is 6.70. The number of nitriles is 1. The minimum absolute atomic E-state index is 0.104. The van der Waals surface area contributed by atoms with Crippen molar-refractivity contribution in [3.05, 3.63) is 12.2 Å². The lowest BCUT2D eigenvalue weighted by Crippen LogP contribution is -2.46. The minimum atomic E-state index is -1.65. The summed E-state index contributed by atoms with van der Waals surface area (Å²) >= 11 is 0. The molecule has 0 saturated heterocycles. The predicted molar refractivity (Wildman–Crippen MR) is 80.9 cm³/mol. The molecule has 0 amide bonds. The fraction of sp³-hybridized carbons (Fsp3) is 0.769. The van der Waals surface area contributed by atoms with E-state index < -0.39 is 22.7 Å². The first-order valence-electron chi connectivity index (χ1n) is 6.66. The van der Waals surface area contributed by atoms with E-state index in [-0.39, 0.29) is 12.2 Å². The lowest BCUT2D eigenvalue weighted by Gasteiger charge is -2.35. The van der Waals surface area contributed by atoms with Crippen LogP contribution in [0.1, 0.15) is 0 Å². The van der Waals surface area contributed by atoms with Crippen molar-refractivity contribution in [3.63, 3.8) is 0 Å². The van der Waals surface area contributed by atoms with Crippen molar-refractivity contribution in [2.45, 2.75) is 57.6 Å². The van der Waals surface area contributed by atoms with Crippen LogP contribution in [0.5, 0.6) is 0 Å². The maximum absolute atomic E-state index is 8.97. The molecule has 6 heteroatoms. The molecule has 0 radical (unpaired) electrons. The van der Waals surface area contributed by atoms with Crippen LogP contribution < -0.4 is 0 Å². The third-order valence-electron chi connectivity index (χ3n) is 2.46. The molecule has 0 bridgehead atoms. The molecule has 0 saturated carbocycles. The lowest BCUT2D eigenvalue weighted by molar-refractivity contribution is -0.0540. The first kappa shape index (κ1) is 16.6. The Morgan fingerprint density at radius 2 is 1.74 bits per heavy atom. The molecule has 1 heterocycles. The van der Waals surface area contributed by atoms with Crippen molar-refractivity contribution in [1.82, 2.24) is 0 Å². The predicted octanol–water partition coefficient (Wildman–Crippen LogP) is 2.91. The summed E-state index contributed by atoms with van der Waals surface area (Å²) in [5.74, 6) is 0. The molecule has 1 aliphatic heterocycles. The van der Waals surface area contributed by atoms with Gasteiger partial charge < -0.3 is 13.6 Å². The summed E-state index contributed by atoms with van der Waals surface area (Å²) in [7, 11) is -3.24. The second-order valence-corrected chi connectivity index (χ2v) is 15.7. The molecule has 1 rings (SSSR count). The summed E-state index contributed by atoms with van der Waals surface area (Å²) in [4.78, 5) is 0. The molecule has 0 unspecified atom stereocenters. The Bertz CT molecular complexity index is 366. The minimum Gasteiger partial charge on any atom is -0.415 e. The monoisotopic (exact) mass is 299 g/mol. The highest BCUT2D eigenvalue weighted by Crippen LogP contribution is 2.21. The van der Waals surface area contributed by atoms with Gasteiger partial charge in [0, 0.05) is 0 Å². The summed E-state index contributed by atoms with van der Waals surface area (Å²) in [6.45, 7) is 13.4. The molecule has 0 aromatic heterocycles. The van der Waals surface area contributed by atoms with Crippen LogP contribution in [0.2, 0.25) is 39.3 Å². The smallest absolute Gasteiger partial charge is 0.184 e. The van der Waals surface area contributed by atoms with Gasteiger partial charge in [-0.1, -0.05) is 6.08 Å². The molecule has 19 heavy (non-hydrogen) atoms. The van der Waals surface area contributed by atoms with Gasteiger partial charge in [0.05, 0.1) is 18.8 Å². The van der Waals surface area contributed by atoms with Gasteiger partial charge in [0.1, 0.15) is 6.10 Å². The van der Waals surface area contributed by atoms with Crippen LogP contribution in [0.3, 0.4) is 0 Å². The van der Waals surface area contributed by atoms with Gasteiger partial charge in [-0.3, -0.25) is 0 Å². The van der Waals surface area contributed by atoms with Gasteiger partial charge in [-0.15, -0.1) is 0 Å². The highest BCUT2D eigenvalue weighted by Gasteiger charge is 2.32. The van der Waals surface area contributed by atoms with Crippen LogP contribution >= 0.6 is 0 Å². The Balaban J connectivity index is 2.71. The van der Waals surface area contributed by atoms with Crippen LogP contribution in [0.25, 0.3) is 0 Å². The Kier molecular flexibility index (Phi) is 5.53. The molecule has 4 nitrogen and oxygen atoms in total. The van der Waals surface area contributed by atoms with Crippen molar-refractivity contribution in [1.29, 1.82) is 5.26 Å². The highest BCUT2D eigenvalue weighted by atomic mass is 28.4. The average molecular weight is 300 g/mol. The number of ether oxygens (including phenoxy) is 1. The van der Waals surface area contributed by atoms with Gasteiger partial charge in [0.15, 0.2) is 22.7 Å². The molecule has 0 N–H and O–H groups in total. The largest absolute Gasteiger partial charge is 0.415 e. The Hall–Kier alpha value is -0.456. The standard InChI is InChI=1S/C13H25NO3Si2/c1-18(2,3)15-10-13-12(17-19(4,5)6)8-7-11(9-14)16-13/h7-8,11-13H,10H2,1-6H3/t11-,12+,13-/m1/s1. The van der Waals surface area contributed by atoms with E-state index >= 15 is 0 Å². The third-order valence-corrected chi connectivity index (χ3v) is 4.47. The van der Waals surface area contributed by atoms with Gasteiger partial charge in [-0.05, 0) is 45.4 Å². The van der Waals surface area contributed by atoms with Gasteiger partial charge in [0.2, 0.25) is 0 Å². The van der Waals surface area contributed by atoms with Gasteiger partial charge in [-0.25, -0.2) is 0 Å². The van der Waals surface area contributed by atoms with E-state index in [1.807, 2.05) is 6.08 Å². The van der Waals surface area contributed by atoms with Gasteiger partial charge in [-0.2, -0.15) is 5.26 Å². The second kappa shape index (κ2) is 6.33. The van der Waals surface area contributed by atoms with Crippen molar-refractivity contribution < 1.29 is 13.6 Å². The Morgan fingerprint density at radius 1 is 1.11 bits per heavy atom. The maximum atomic E-state index is 8.97. The fourth-order valence-corrected chi connectivity index (χ4v) is 3.42. The van der Waals surface area contributed by atoms with Crippen LogP contribution in [-0.2, 0) is 13.6 Å². The molecule has 0 spiro atoms. The molecular weight excluding hydrogens is 274 g/mol. The van der Waals surface area contributed by atoms with Crippen molar-refractivity contribution in [2.24, 2.45) is 0 Å². The summed E-state index contributed by atoms with van der Waals surface area (Å²) < 4.78 is 17.8. The van der Waals surface area contributed by atoms with Crippen molar-refractivity contribution >= 4 is 16.6 Å². The van der Waals surface area contributed by atoms with E-state index in [0.29, 0.717) is 6.61 Å². The molecule has 0 fully saturated rings. The molecule has 3 atom stereocenters. The molecule has 0 aromatic carbocycles. The fourth-order valence-electron chi connectivity index (χ4n) is 1.71. The zero-order valence-corrected chi connectivity index (χ0v) is 14.8. The van der Waals surface area contributed by atoms with E-state index in [1.54, 1.807) is 6.08 Å². The quantitative estimate of drug-likeness (QED) is 0.578. The van der Waals surface area contributed by atoms with Crippen LogP contribution in [0.4, 0.5) is 0 Å². The van der Waals surface area contributed by atoms with Gasteiger partial charge in [0.25, 0.3) is 0 Å². The summed E-state index contributed by atoms with van der Waals surface area (Å²) in [5.41, 5.74) is 0. The Morgan fingerprint density at radius 3 is 2.21 bits per heavy atom. The number of rotatable bonds is 5. The topological polar surface area (TPSA) is 51.5 Å². The molecule has 108 valence electrons. The van der Waals surface area contributed by atoms with E-state index in [4.69, 9.17) is 18.9 Å². The van der Waals surface area contributed by atoms with Gasteiger partial charge >= 0.3 is 0 Å². The van der Waals surface area contributed by atoms with E-state index in [0.717, 1.165) is 0 Å². The van der Waals surface area contributed by atoms with E-state index in [2.05, 4.69) is 45.4 Å². The van der Waals surface area contributed by atoms with E-state index in [9.17, 15) is 0 Å². The molecular formula is C13H25NO3Si2. The zero-order chi connectivity index (χ0) is 14.7.